The van der Waals surface area contributed by atoms with Crippen molar-refractivity contribution < 1.29 is 27.5 Å². The third kappa shape index (κ3) is 4.17. The third-order valence-corrected chi connectivity index (χ3v) is 4.99. The van der Waals surface area contributed by atoms with Crippen LogP contribution in [0.2, 0.25) is 0 Å². The molecule has 0 aliphatic heterocycles. The van der Waals surface area contributed by atoms with Crippen LogP contribution in [0, 0.1) is 11.6 Å². The number of aromatic nitrogens is 2. The van der Waals surface area contributed by atoms with Crippen LogP contribution in [-0.4, -0.2) is 31.2 Å². The van der Waals surface area contributed by atoms with Crippen molar-refractivity contribution >= 4 is 17.0 Å². The Morgan fingerprint density at radius 2 is 1.72 bits per heavy atom. The zero-order chi connectivity index (χ0) is 24.0. The Morgan fingerprint density at radius 1 is 1.12 bits per heavy atom. The normalized spacial score (nSPS) is 12.9. The molecule has 32 heavy (non-hydrogen) atoms. The molecule has 0 saturated carbocycles. The van der Waals surface area contributed by atoms with Gasteiger partial charge in [-0.2, -0.15) is 0 Å². The van der Waals surface area contributed by atoms with E-state index in [1.807, 2.05) is 0 Å². The lowest BCUT2D eigenvalue weighted by molar-refractivity contribution is 0.0719. The second-order valence-corrected chi connectivity index (χ2v) is 8.28. The van der Waals surface area contributed by atoms with Crippen molar-refractivity contribution in [1.82, 2.24) is 14.5 Å². The number of carboxylic acid groups (broad SMARTS) is 1. The number of amides is 1. The van der Waals surface area contributed by atoms with Crippen molar-refractivity contribution in [2.45, 2.75) is 45.7 Å². The van der Waals surface area contributed by atoms with Gasteiger partial charge in [-0.1, -0.05) is 12.1 Å². The molecular weight excluding hydrogens is 430 g/mol. The van der Waals surface area contributed by atoms with Crippen LogP contribution in [0.15, 0.2) is 41.2 Å². The molecule has 0 fully saturated rings. The minimum atomic E-state index is -3.00. The average molecular weight is 451 g/mol. The first kappa shape index (κ1) is 23.2. The molecule has 1 N–H and O–H groups in total. The largest absolute Gasteiger partial charge is 0.465 e. The van der Waals surface area contributed by atoms with E-state index in [9.17, 15) is 32.3 Å². The van der Waals surface area contributed by atoms with E-state index in [1.54, 1.807) is 20.8 Å². The minimum Gasteiger partial charge on any atom is -0.465 e. The van der Waals surface area contributed by atoms with Crippen LogP contribution in [0.5, 0.6) is 0 Å². The first-order valence-electron chi connectivity index (χ1n) is 9.65. The van der Waals surface area contributed by atoms with Crippen LogP contribution in [0.25, 0.3) is 16.6 Å². The van der Waals surface area contributed by atoms with Crippen LogP contribution < -0.4 is 5.56 Å². The fourth-order valence-electron chi connectivity index (χ4n) is 3.80. The fraction of sp³-hybridized carbons (Fsp3) is 0.318. The lowest BCUT2D eigenvalue weighted by Crippen LogP contribution is -2.47. The van der Waals surface area contributed by atoms with Gasteiger partial charge in [-0.3, -0.25) is 14.3 Å². The fourth-order valence-corrected chi connectivity index (χ4v) is 3.80. The van der Waals surface area contributed by atoms with E-state index in [4.69, 9.17) is 0 Å². The van der Waals surface area contributed by atoms with Gasteiger partial charge in [0.25, 0.3) is 12.0 Å². The molecule has 0 aliphatic rings. The number of carbonyl (C=O) groups is 1. The molecular formula is C22H21F4N3O3. The second-order valence-electron chi connectivity index (χ2n) is 8.28. The van der Waals surface area contributed by atoms with Gasteiger partial charge in [-0.25, -0.2) is 27.3 Å². The summed E-state index contributed by atoms with van der Waals surface area (Å²) < 4.78 is 55.9. The number of benzene rings is 2. The number of fused-ring (bicyclic) bond motifs is 1. The average Bonchev–Trinajstić information content (AvgIpc) is 2.64. The maximum absolute atomic E-state index is 14.0. The molecule has 0 saturated heterocycles. The molecule has 0 radical (unpaired) electrons. The van der Waals surface area contributed by atoms with Crippen LogP contribution in [0.3, 0.4) is 0 Å². The predicted molar refractivity (Wildman–Crippen MR) is 110 cm³/mol. The monoisotopic (exact) mass is 451 g/mol. The maximum atomic E-state index is 14.0. The van der Waals surface area contributed by atoms with Crippen LogP contribution in [0.1, 0.15) is 51.6 Å². The molecule has 1 heterocycles. The van der Waals surface area contributed by atoms with E-state index in [0.29, 0.717) is 6.07 Å². The summed E-state index contributed by atoms with van der Waals surface area (Å²) >= 11 is 0. The summed E-state index contributed by atoms with van der Waals surface area (Å²) in [5, 5.41) is 9.37. The van der Waals surface area contributed by atoms with Crippen molar-refractivity contribution in [1.29, 1.82) is 0 Å². The topological polar surface area (TPSA) is 75.4 Å². The highest BCUT2D eigenvalue weighted by Gasteiger charge is 2.35. The highest BCUT2D eigenvalue weighted by atomic mass is 19.3. The molecule has 6 nitrogen and oxygen atoms in total. The van der Waals surface area contributed by atoms with Gasteiger partial charge in [-0.05, 0) is 45.9 Å². The summed E-state index contributed by atoms with van der Waals surface area (Å²) in [6, 6.07) is 4.92. The number of hydrogen-bond acceptors (Lipinski definition) is 3. The molecule has 0 aliphatic carbocycles. The quantitative estimate of drug-likeness (QED) is 0.536. The molecule has 1 amide bonds. The Balaban J connectivity index is 2.47. The van der Waals surface area contributed by atoms with Crippen molar-refractivity contribution in [3.8, 4) is 5.69 Å². The molecule has 10 heteroatoms. The third-order valence-electron chi connectivity index (χ3n) is 4.99. The molecule has 0 unspecified atom stereocenters. The van der Waals surface area contributed by atoms with Crippen LogP contribution in [-0.2, 0) is 0 Å². The lowest BCUT2D eigenvalue weighted by Gasteiger charge is -2.38. The first-order chi connectivity index (χ1) is 14.8. The Labute approximate surface area is 180 Å². The molecule has 3 aromatic rings. The molecule has 2 aromatic carbocycles. The Morgan fingerprint density at radius 3 is 2.22 bits per heavy atom. The van der Waals surface area contributed by atoms with E-state index in [2.05, 4.69) is 4.98 Å². The summed E-state index contributed by atoms with van der Waals surface area (Å²) in [6.45, 7) is 6.32. The van der Waals surface area contributed by atoms with Gasteiger partial charge in [0.1, 0.15) is 17.5 Å². The molecule has 1 aromatic heterocycles. The lowest BCUT2D eigenvalue weighted by atomic mass is 10.0. The van der Waals surface area contributed by atoms with E-state index in [1.165, 1.54) is 19.1 Å². The minimum absolute atomic E-state index is 0.0815. The van der Waals surface area contributed by atoms with Gasteiger partial charge >= 0.3 is 6.09 Å². The second kappa shape index (κ2) is 8.25. The summed E-state index contributed by atoms with van der Waals surface area (Å²) in [4.78, 5) is 30.8. The number of hydrogen-bond donors (Lipinski definition) is 1. The zero-order valence-electron chi connectivity index (χ0n) is 17.7. The van der Waals surface area contributed by atoms with Gasteiger partial charge in [0.15, 0.2) is 0 Å². The molecule has 0 bridgehead atoms. The number of nitrogens with zero attached hydrogens (tertiary/aromatic N) is 3. The van der Waals surface area contributed by atoms with E-state index in [-0.39, 0.29) is 17.0 Å². The van der Waals surface area contributed by atoms with Gasteiger partial charge in [-0.15, -0.1) is 0 Å². The van der Waals surface area contributed by atoms with Gasteiger partial charge in [0, 0.05) is 17.2 Å². The summed E-state index contributed by atoms with van der Waals surface area (Å²) in [5.41, 5.74) is -2.90. The number of rotatable bonds is 4. The zero-order valence-corrected chi connectivity index (χ0v) is 17.7. The Hall–Kier alpha value is -3.43. The van der Waals surface area contributed by atoms with Gasteiger partial charge in [0.05, 0.1) is 22.6 Å². The summed E-state index contributed by atoms with van der Waals surface area (Å²) in [5.74, 6) is -2.17. The molecule has 1 atom stereocenters. The smallest absolute Gasteiger partial charge is 0.408 e. The van der Waals surface area contributed by atoms with E-state index < -0.39 is 52.2 Å². The Bertz CT molecular complexity index is 1230. The summed E-state index contributed by atoms with van der Waals surface area (Å²) in [7, 11) is 0. The molecule has 3 rings (SSSR count). The predicted octanol–water partition coefficient (Wildman–Crippen LogP) is 5.44. The van der Waals surface area contributed by atoms with Gasteiger partial charge in [0.2, 0.25) is 0 Å². The number of alkyl halides is 2. The maximum Gasteiger partial charge on any atom is 0.408 e. The van der Waals surface area contributed by atoms with E-state index in [0.717, 1.165) is 27.7 Å². The molecule has 170 valence electrons. The molecule has 0 spiro atoms. The van der Waals surface area contributed by atoms with Crippen LogP contribution in [0.4, 0.5) is 22.4 Å². The highest BCUT2D eigenvalue weighted by Crippen LogP contribution is 2.31. The van der Waals surface area contributed by atoms with Crippen molar-refractivity contribution in [2.24, 2.45) is 0 Å². The van der Waals surface area contributed by atoms with Crippen LogP contribution >= 0.6 is 0 Å². The Kier molecular flexibility index (Phi) is 5.99. The first-order valence-corrected chi connectivity index (χ1v) is 9.65. The van der Waals surface area contributed by atoms with Gasteiger partial charge < -0.3 is 5.11 Å². The van der Waals surface area contributed by atoms with Crippen molar-refractivity contribution in [3.63, 3.8) is 0 Å². The van der Waals surface area contributed by atoms with Crippen molar-refractivity contribution in [3.05, 3.63) is 69.8 Å². The van der Waals surface area contributed by atoms with E-state index >= 15 is 0 Å². The summed E-state index contributed by atoms with van der Waals surface area (Å²) in [6.07, 6.45) is -4.32. The highest BCUT2D eigenvalue weighted by molar-refractivity contribution is 5.82. The van der Waals surface area contributed by atoms with Crippen molar-refractivity contribution in [2.75, 3.05) is 0 Å². The standard InChI is InChI=1S/C22H21F4N3O3/c1-11(29(21(31)32)22(2,3)4)19-27-16-7-5-6-15(18(25)26)17(16)20(30)28(19)14-9-12(23)8-13(24)10-14/h5-11,18H,1-4H3,(H,31,32)/t11-/m0/s1. The number of halogens is 4. The SMILES string of the molecule is C[C@@H](c1nc2cccc(C(F)F)c2c(=O)n1-c1cc(F)cc(F)c1)N(C(=O)O)C(C)(C)C.